The van der Waals surface area contributed by atoms with Gasteiger partial charge in [-0.3, -0.25) is 4.79 Å². The molecule has 1 unspecified atom stereocenters. The standard InChI is InChI=1S/C23H26O3/c1-16(2)14-20-21(23(20,3)4)22(24)25-15-17-10-12-19(13-11-17)26-18-8-6-5-7-9-18/h5-14,20-21H,15H2,1-4H3/t20?,21-/m0/s1. The number of benzene rings is 2. The number of esters is 1. The molecular formula is C23H26O3. The molecule has 0 aromatic heterocycles. The summed E-state index contributed by atoms with van der Waals surface area (Å²) in [6, 6.07) is 17.3. The van der Waals surface area contributed by atoms with Gasteiger partial charge in [-0.15, -0.1) is 0 Å². The van der Waals surface area contributed by atoms with E-state index < -0.39 is 0 Å². The van der Waals surface area contributed by atoms with Crippen LogP contribution >= 0.6 is 0 Å². The van der Waals surface area contributed by atoms with Gasteiger partial charge in [0.1, 0.15) is 18.1 Å². The van der Waals surface area contributed by atoms with Crippen molar-refractivity contribution in [1.29, 1.82) is 0 Å². The van der Waals surface area contributed by atoms with Crippen molar-refractivity contribution in [2.45, 2.75) is 34.3 Å². The molecule has 0 heterocycles. The van der Waals surface area contributed by atoms with Crippen LogP contribution in [0.3, 0.4) is 0 Å². The van der Waals surface area contributed by atoms with Crippen molar-refractivity contribution in [3.8, 4) is 11.5 Å². The summed E-state index contributed by atoms with van der Waals surface area (Å²) in [6.45, 7) is 8.67. The smallest absolute Gasteiger partial charge is 0.310 e. The highest BCUT2D eigenvalue weighted by molar-refractivity contribution is 5.78. The van der Waals surface area contributed by atoms with Crippen molar-refractivity contribution in [3.63, 3.8) is 0 Å². The van der Waals surface area contributed by atoms with Crippen LogP contribution in [0.1, 0.15) is 33.3 Å². The second kappa shape index (κ2) is 7.36. The highest BCUT2D eigenvalue weighted by atomic mass is 16.5. The predicted octanol–water partition coefficient (Wildman–Crippen LogP) is 5.76. The molecule has 3 heteroatoms. The Morgan fingerprint density at radius 1 is 1.00 bits per heavy atom. The third-order valence-electron chi connectivity index (χ3n) is 4.96. The summed E-state index contributed by atoms with van der Waals surface area (Å²) in [5.74, 6) is 1.69. The minimum Gasteiger partial charge on any atom is -0.461 e. The topological polar surface area (TPSA) is 35.5 Å². The molecular weight excluding hydrogens is 324 g/mol. The van der Waals surface area contributed by atoms with Crippen molar-refractivity contribution < 1.29 is 14.3 Å². The summed E-state index contributed by atoms with van der Waals surface area (Å²) in [6.07, 6.45) is 2.18. The number of rotatable bonds is 6. The van der Waals surface area contributed by atoms with Crippen molar-refractivity contribution >= 4 is 5.97 Å². The van der Waals surface area contributed by atoms with E-state index >= 15 is 0 Å². The van der Waals surface area contributed by atoms with Crippen LogP contribution in [-0.4, -0.2) is 5.97 Å². The molecule has 1 aliphatic rings. The van der Waals surface area contributed by atoms with Gasteiger partial charge in [0.05, 0.1) is 5.92 Å². The Labute approximate surface area is 155 Å². The lowest BCUT2D eigenvalue weighted by molar-refractivity contribution is -0.147. The Hall–Kier alpha value is -2.55. The van der Waals surface area contributed by atoms with Crippen molar-refractivity contribution in [1.82, 2.24) is 0 Å². The van der Waals surface area contributed by atoms with Gasteiger partial charge in [0, 0.05) is 0 Å². The molecule has 0 N–H and O–H groups in total. The number of allylic oxidation sites excluding steroid dienone is 2. The Bertz CT molecular complexity index is 784. The van der Waals surface area contributed by atoms with Crippen LogP contribution in [0.25, 0.3) is 0 Å². The molecule has 26 heavy (non-hydrogen) atoms. The van der Waals surface area contributed by atoms with E-state index in [0.29, 0.717) is 6.61 Å². The van der Waals surface area contributed by atoms with E-state index in [1.165, 1.54) is 5.57 Å². The zero-order valence-electron chi connectivity index (χ0n) is 15.9. The summed E-state index contributed by atoms with van der Waals surface area (Å²) in [5, 5.41) is 0. The highest BCUT2D eigenvalue weighted by Gasteiger charge is 2.61. The van der Waals surface area contributed by atoms with E-state index in [2.05, 4.69) is 33.8 Å². The molecule has 0 amide bonds. The average Bonchev–Trinajstić information content (AvgIpc) is 3.14. The van der Waals surface area contributed by atoms with Crippen LogP contribution in [0.5, 0.6) is 11.5 Å². The Kier molecular flexibility index (Phi) is 5.17. The van der Waals surface area contributed by atoms with E-state index in [9.17, 15) is 4.79 Å². The van der Waals surface area contributed by atoms with Crippen LogP contribution in [-0.2, 0) is 16.1 Å². The Morgan fingerprint density at radius 2 is 1.62 bits per heavy atom. The molecule has 1 aliphatic carbocycles. The van der Waals surface area contributed by atoms with Gasteiger partial charge in [0.25, 0.3) is 0 Å². The first kappa shape index (κ1) is 18.2. The monoisotopic (exact) mass is 350 g/mol. The Morgan fingerprint density at radius 3 is 2.23 bits per heavy atom. The molecule has 136 valence electrons. The SMILES string of the molecule is CC(C)=CC1[C@@H](C(=O)OCc2ccc(Oc3ccccc3)cc2)C1(C)C. The molecule has 0 spiro atoms. The number of carbonyl (C=O) groups is 1. The van der Waals surface area contributed by atoms with Crippen LogP contribution in [0, 0.1) is 17.3 Å². The van der Waals surface area contributed by atoms with Gasteiger partial charge in [0.15, 0.2) is 0 Å². The fourth-order valence-corrected chi connectivity index (χ4v) is 3.32. The number of ether oxygens (including phenoxy) is 2. The van der Waals surface area contributed by atoms with Gasteiger partial charge >= 0.3 is 5.97 Å². The highest BCUT2D eigenvalue weighted by Crippen LogP contribution is 2.59. The fourth-order valence-electron chi connectivity index (χ4n) is 3.32. The molecule has 3 nitrogen and oxygen atoms in total. The maximum atomic E-state index is 12.4. The average molecular weight is 350 g/mol. The first-order valence-electron chi connectivity index (χ1n) is 9.01. The first-order chi connectivity index (χ1) is 12.4. The maximum absolute atomic E-state index is 12.4. The lowest BCUT2D eigenvalue weighted by Crippen LogP contribution is -2.10. The van der Waals surface area contributed by atoms with E-state index in [-0.39, 0.29) is 23.2 Å². The molecule has 2 atom stereocenters. The summed E-state index contributed by atoms with van der Waals surface area (Å²) in [4.78, 5) is 12.4. The normalized spacial score (nSPS) is 20.2. The third kappa shape index (κ3) is 4.16. The van der Waals surface area contributed by atoms with E-state index in [0.717, 1.165) is 17.1 Å². The van der Waals surface area contributed by atoms with Crippen molar-refractivity contribution in [3.05, 3.63) is 71.8 Å². The van der Waals surface area contributed by atoms with Gasteiger partial charge in [0.2, 0.25) is 0 Å². The largest absolute Gasteiger partial charge is 0.461 e. The molecule has 1 fully saturated rings. The predicted molar refractivity (Wildman–Crippen MR) is 103 cm³/mol. The second-order valence-electron chi connectivity index (χ2n) is 7.74. The number of para-hydroxylation sites is 1. The van der Waals surface area contributed by atoms with Gasteiger partial charge in [-0.05, 0) is 55.0 Å². The zero-order valence-corrected chi connectivity index (χ0v) is 15.9. The third-order valence-corrected chi connectivity index (χ3v) is 4.96. The van der Waals surface area contributed by atoms with Gasteiger partial charge in [-0.1, -0.05) is 55.8 Å². The molecule has 0 bridgehead atoms. The lowest BCUT2D eigenvalue weighted by atomic mass is 10.1. The van der Waals surface area contributed by atoms with Crippen molar-refractivity contribution in [2.24, 2.45) is 17.3 Å². The number of hydrogen-bond acceptors (Lipinski definition) is 3. The van der Waals surface area contributed by atoms with Gasteiger partial charge in [-0.25, -0.2) is 0 Å². The van der Waals surface area contributed by atoms with Crippen LogP contribution < -0.4 is 4.74 Å². The molecule has 3 rings (SSSR count). The molecule has 2 aromatic carbocycles. The molecule has 0 aliphatic heterocycles. The molecule has 0 radical (unpaired) electrons. The zero-order chi connectivity index (χ0) is 18.7. The summed E-state index contributed by atoms with van der Waals surface area (Å²) >= 11 is 0. The van der Waals surface area contributed by atoms with Gasteiger partial charge in [-0.2, -0.15) is 0 Å². The lowest BCUT2D eigenvalue weighted by Gasteiger charge is -2.08. The van der Waals surface area contributed by atoms with Crippen LogP contribution in [0.15, 0.2) is 66.2 Å². The Balaban J connectivity index is 1.54. The fraction of sp³-hybridized carbons (Fsp3) is 0.348. The van der Waals surface area contributed by atoms with Gasteiger partial charge < -0.3 is 9.47 Å². The quantitative estimate of drug-likeness (QED) is 0.491. The van der Waals surface area contributed by atoms with Crippen molar-refractivity contribution in [2.75, 3.05) is 0 Å². The molecule has 0 saturated heterocycles. The first-order valence-corrected chi connectivity index (χ1v) is 9.01. The van der Waals surface area contributed by atoms with E-state index in [1.54, 1.807) is 0 Å². The maximum Gasteiger partial charge on any atom is 0.310 e. The number of carbonyl (C=O) groups excluding carboxylic acids is 1. The summed E-state index contributed by atoms with van der Waals surface area (Å²) < 4.78 is 11.3. The number of hydrogen-bond donors (Lipinski definition) is 0. The summed E-state index contributed by atoms with van der Waals surface area (Å²) in [5.41, 5.74) is 2.19. The van der Waals surface area contributed by atoms with E-state index in [1.807, 2.05) is 54.6 Å². The second-order valence-corrected chi connectivity index (χ2v) is 7.74. The summed E-state index contributed by atoms with van der Waals surface area (Å²) in [7, 11) is 0. The van der Waals surface area contributed by atoms with Crippen LogP contribution in [0.4, 0.5) is 0 Å². The van der Waals surface area contributed by atoms with E-state index in [4.69, 9.17) is 9.47 Å². The van der Waals surface area contributed by atoms with Crippen LogP contribution in [0.2, 0.25) is 0 Å². The minimum absolute atomic E-state index is 0.0122. The molecule has 2 aromatic rings. The minimum atomic E-state index is -0.109. The molecule has 1 saturated carbocycles.